The second-order valence-electron chi connectivity index (χ2n) is 7.13. The summed E-state index contributed by atoms with van der Waals surface area (Å²) < 4.78 is 5.90. The Labute approximate surface area is 130 Å². The van der Waals surface area contributed by atoms with Crippen LogP contribution in [0.3, 0.4) is 0 Å². The summed E-state index contributed by atoms with van der Waals surface area (Å²) in [5.41, 5.74) is 1.37. The minimum atomic E-state index is 0.680. The number of rotatable bonds is 6. The topological polar surface area (TPSA) is 28.4 Å². The first-order valence-electron chi connectivity index (χ1n) is 8.56. The van der Waals surface area contributed by atoms with Crippen LogP contribution < -0.4 is 5.32 Å². The van der Waals surface area contributed by atoms with Crippen LogP contribution in [0.15, 0.2) is 10.5 Å². The molecule has 0 amide bonds. The van der Waals surface area contributed by atoms with Gasteiger partial charge in [-0.25, -0.2) is 0 Å². The molecule has 0 aromatic carbocycles. The van der Waals surface area contributed by atoms with Crippen LogP contribution in [0.1, 0.15) is 57.1 Å². The second kappa shape index (κ2) is 8.00. The van der Waals surface area contributed by atoms with Gasteiger partial charge in [-0.1, -0.05) is 20.8 Å². The van der Waals surface area contributed by atoms with E-state index in [9.17, 15) is 0 Å². The van der Waals surface area contributed by atoms with Gasteiger partial charge in [0, 0.05) is 12.1 Å². The van der Waals surface area contributed by atoms with Crippen molar-refractivity contribution in [2.75, 3.05) is 19.6 Å². The highest BCUT2D eigenvalue weighted by atomic mass is 16.3. The number of hydrogen-bond donors (Lipinski definition) is 1. The van der Waals surface area contributed by atoms with Gasteiger partial charge in [0.2, 0.25) is 0 Å². The van der Waals surface area contributed by atoms with Gasteiger partial charge in [-0.3, -0.25) is 4.90 Å². The summed E-state index contributed by atoms with van der Waals surface area (Å²) in [4.78, 5) is 2.59. The highest BCUT2D eigenvalue weighted by molar-refractivity contribution is 5.20. The fourth-order valence-electron chi connectivity index (χ4n) is 3.04. The average Bonchev–Trinajstić information content (AvgIpc) is 2.62. The predicted octanol–water partition coefficient (Wildman–Crippen LogP) is 3.96. The van der Waals surface area contributed by atoms with Crippen molar-refractivity contribution in [2.45, 2.75) is 60.0 Å². The lowest BCUT2D eigenvalue weighted by Gasteiger charge is -2.19. The highest BCUT2D eigenvalue weighted by Crippen LogP contribution is 2.21. The van der Waals surface area contributed by atoms with Gasteiger partial charge < -0.3 is 9.73 Å². The highest BCUT2D eigenvalue weighted by Gasteiger charge is 2.16. The van der Waals surface area contributed by atoms with Crippen molar-refractivity contribution >= 4 is 0 Å². The number of aryl methyl sites for hydroxylation is 1. The van der Waals surface area contributed by atoms with Crippen LogP contribution in [-0.2, 0) is 13.1 Å². The largest absolute Gasteiger partial charge is 0.465 e. The van der Waals surface area contributed by atoms with Crippen LogP contribution in [-0.4, -0.2) is 24.5 Å². The molecule has 1 aromatic heterocycles. The van der Waals surface area contributed by atoms with E-state index < -0.39 is 0 Å². The average molecular weight is 292 g/mol. The van der Waals surface area contributed by atoms with Crippen molar-refractivity contribution < 1.29 is 4.42 Å². The number of nitrogens with zero attached hydrogens (tertiary/aromatic N) is 1. The summed E-state index contributed by atoms with van der Waals surface area (Å²) in [6.07, 6.45) is 4.05. The fourth-order valence-corrected chi connectivity index (χ4v) is 3.04. The summed E-state index contributed by atoms with van der Waals surface area (Å²) in [5.74, 6) is 3.73. The molecule has 21 heavy (non-hydrogen) atoms. The molecular formula is C18H32N2O. The molecule has 0 radical (unpaired) electrons. The number of nitrogens with one attached hydrogen (secondary N) is 1. The molecule has 1 unspecified atom stereocenters. The second-order valence-corrected chi connectivity index (χ2v) is 7.13. The molecule has 1 atom stereocenters. The van der Waals surface area contributed by atoms with E-state index in [1.807, 2.05) is 0 Å². The van der Waals surface area contributed by atoms with E-state index in [4.69, 9.17) is 4.42 Å². The molecule has 0 bridgehead atoms. The first-order valence-corrected chi connectivity index (χ1v) is 8.56. The van der Waals surface area contributed by atoms with Crippen LogP contribution in [0, 0.1) is 18.8 Å². The van der Waals surface area contributed by atoms with Gasteiger partial charge in [-0.05, 0) is 63.7 Å². The zero-order valence-corrected chi connectivity index (χ0v) is 14.2. The lowest BCUT2D eigenvalue weighted by molar-refractivity contribution is 0.272. The van der Waals surface area contributed by atoms with E-state index in [0.29, 0.717) is 5.92 Å². The normalized spacial score (nSPS) is 20.9. The Morgan fingerprint density at radius 3 is 2.90 bits per heavy atom. The van der Waals surface area contributed by atoms with E-state index in [2.05, 4.69) is 44.0 Å². The van der Waals surface area contributed by atoms with E-state index in [1.54, 1.807) is 0 Å². The molecule has 1 N–H and O–H groups in total. The molecule has 2 heterocycles. The molecule has 3 heteroatoms. The van der Waals surface area contributed by atoms with Crippen molar-refractivity contribution in [3.8, 4) is 0 Å². The molecule has 0 aliphatic carbocycles. The van der Waals surface area contributed by atoms with E-state index in [0.717, 1.165) is 37.1 Å². The lowest BCUT2D eigenvalue weighted by atomic mass is 10.0. The molecule has 0 saturated carbocycles. The quantitative estimate of drug-likeness (QED) is 0.860. The molecule has 1 aromatic rings. The number of furan rings is 1. The molecule has 1 aliphatic rings. The zero-order valence-electron chi connectivity index (χ0n) is 14.2. The zero-order chi connectivity index (χ0) is 15.2. The minimum absolute atomic E-state index is 0.680. The summed E-state index contributed by atoms with van der Waals surface area (Å²) in [6.45, 7) is 14.3. The summed E-state index contributed by atoms with van der Waals surface area (Å²) in [7, 11) is 0. The van der Waals surface area contributed by atoms with Crippen molar-refractivity contribution in [3.05, 3.63) is 23.2 Å². The van der Waals surface area contributed by atoms with Gasteiger partial charge in [0.15, 0.2) is 0 Å². The van der Waals surface area contributed by atoms with E-state index >= 15 is 0 Å². The van der Waals surface area contributed by atoms with Crippen molar-refractivity contribution in [2.24, 2.45) is 11.8 Å². The Morgan fingerprint density at radius 2 is 2.14 bits per heavy atom. The summed E-state index contributed by atoms with van der Waals surface area (Å²) >= 11 is 0. The molecule has 3 nitrogen and oxygen atoms in total. The molecule has 1 aliphatic heterocycles. The predicted molar refractivity (Wildman–Crippen MR) is 88.3 cm³/mol. The van der Waals surface area contributed by atoms with Crippen LogP contribution in [0.2, 0.25) is 0 Å². The third kappa shape index (κ3) is 5.48. The Kier molecular flexibility index (Phi) is 6.31. The maximum Gasteiger partial charge on any atom is 0.118 e. The van der Waals surface area contributed by atoms with Crippen LogP contribution >= 0.6 is 0 Å². The van der Waals surface area contributed by atoms with Gasteiger partial charge >= 0.3 is 0 Å². The molecular weight excluding hydrogens is 260 g/mol. The molecule has 120 valence electrons. The SMILES string of the molecule is Cc1oc(CNCC(C)C)cc1CN1CCCC(C)CC1. The van der Waals surface area contributed by atoms with Crippen molar-refractivity contribution in [1.29, 1.82) is 0 Å². The maximum atomic E-state index is 5.90. The van der Waals surface area contributed by atoms with Crippen molar-refractivity contribution in [3.63, 3.8) is 0 Å². The van der Waals surface area contributed by atoms with Crippen LogP contribution in [0.25, 0.3) is 0 Å². The Bertz CT molecular complexity index is 425. The summed E-state index contributed by atoms with van der Waals surface area (Å²) in [6, 6.07) is 2.25. The molecule has 2 rings (SSSR count). The number of likely N-dealkylation sites (tertiary alicyclic amines) is 1. The van der Waals surface area contributed by atoms with Crippen LogP contribution in [0.4, 0.5) is 0 Å². The fraction of sp³-hybridized carbons (Fsp3) is 0.778. The van der Waals surface area contributed by atoms with E-state index in [-0.39, 0.29) is 0 Å². The first kappa shape index (κ1) is 16.6. The van der Waals surface area contributed by atoms with Gasteiger partial charge in [0.25, 0.3) is 0 Å². The monoisotopic (exact) mass is 292 g/mol. The first-order chi connectivity index (χ1) is 10.0. The van der Waals surface area contributed by atoms with Gasteiger partial charge in [0.1, 0.15) is 11.5 Å². The summed E-state index contributed by atoms with van der Waals surface area (Å²) in [5, 5.41) is 3.45. The Balaban J connectivity index is 1.86. The third-order valence-electron chi connectivity index (χ3n) is 4.43. The minimum Gasteiger partial charge on any atom is -0.465 e. The van der Waals surface area contributed by atoms with Crippen molar-refractivity contribution in [1.82, 2.24) is 10.2 Å². The van der Waals surface area contributed by atoms with E-state index in [1.165, 1.54) is 37.9 Å². The van der Waals surface area contributed by atoms with Gasteiger partial charge in [-0.2, -0.15) is 0 Å². The van der Waals surface area contributed by atoms with Gasteiger partial charge in [0.05, 0.1) is 6.54 Å². The standard InChI is InChI=1S/C18H32N2O/c1-14(2)11-19-12-18-10-17(16(4)21-18)13-20-8-5-6-15(3)7-9-20/h10,14-15,19H,5-9,11-13H2,1-4H3. The lowest BCUT2D eigenvalue weighted by Crippen LogP contribution is -2.24. The number of hydrogen-bond acceptors (Lipinski definition) is 3. The van der Waals surface area contributed by atoms with Gasteiger partial charge in [-0.15, -0.1) is 0 Å². The Hall–Kier alpha value is -0.800. The molecule has 0 spiro atoms. The molecule has 1 saturated heterocycles. The maximum absolute atomic E-state index is 5.90. The Morgan fingerprint density at radius 1 is 1.33 bits per heavy atom. The van der Waals surface area contributed by atoms with Crippen LogP contribution in [0.5, 0.6) is 0 Å². The third-order valence-corrected chi connectivity index (χ3v) is 4.43. The molecule has 1 fully saturated rings. The smallest absolute Gasteiger partial charge is 0.118 e.